The fourth-order valence-corrected chi connectivity index (χ4v) is 2.27. The highest BCUT2D eigenvalue weighted by molar-refractivity contribution is 5.40. The van der Waals surface area contributed by atoms with Gasteiger partial charge >= 0.3 is 0 Å². The first kappa shape index (κ1) is 9.50. The lowest BCUT2D eigenvalue weighted by Gasteiger charge is -2.22. The van der Waals surface area contributed by atoms with Crippen LogP contribution in [-0.2, 0) is 0 Å². The van der Waals surface area contributed by atoms with Crippen LogP contribution in [0.3, 0.4) is 0 Å². The van der Waals surface area contributed by atoms with Gasteiger partial charge in [-0.05, 0) is 36.8 Å². The lowest BCUT2D eigenvalue weighted by molar-refractivity contribution is 0.443. The molecular formula is C12H18N2. The van der Waals surface area contributed by atoms with E-state index in [-0.39, 0.29) is 0 Å². The first-order valence-corrected chi connectivity index (χ1v) is 5.49. The summed E-state index contributed by atoms with van der Waals surface area (Å²) in [6, 6.07) is 2.21. The highest BCUT2D eigenvalue weighted by Crippen LogP contribution is 2.32. The molecule has 2 N–H and O–H groups in total. The molecule has 1 heterocycles. The number of aryl methyl sites for hydroxylation is 1. The van der Waals surface area contributed by atoms with Crippen molar-refractivity contribution in [2.24, 2.45) is 0 Å². The minimum atomic E-state index is 0.671. The van der Waals surface area contributed by atoms with Crippen LogP contribution in [0.5, 0.6) is 0 Å². The van der Waals surface area contributed by atoms with Crippen molar-refractivity contribution in [2.75, 3.05) is 5.73 Å². The highest BCUT2D eigenvalue weighted by atomic mass is 14.8. The van der Waals surface area contributed by atoms with Crippen molar-refractivity contribution in [2.45, 2.75) is 44.9 Å². The van der Waals surface area contributed by atoms with Crippen LogP contribution in [0.1, 0.15) is 49.1 Å². The van der Waals surface area contributed by atoms with Crippen LogP contribution < -0.4 is 5.73 Å². The molecule has 0 unspecified atom stereocenters. The van der Waals surface area contributed by atoms with E-state index < -0.39 is 0 Å². The summed E-state index contributed by atoms with van der Waals surface area (Å²) in [5.41, 5.74) is 8.21. The van der Waals surface area contributed by atoms with Crippen LogP contribution >= 0.6 is 0 Å². The quantitative estimate of drug-likeness (QED) is 0.739. The number of anilines is 1. The zero-order chi connectivity index (χ0) is 9.97. The van der Waals surface area contributed by atoms with E-state index in [2.05, 4.69) is 11.1 Å². The van der Waals surface area contributed by atoms with Crippen molar-refractivity contribution < 1.29 is 0 Å². The Kier molecular flexibility index (Phi) is 2.71. The van der Waals surface area contributed by atoms with Crippen molar-refractivity contribution in [3.05, 3.63) is 23.4 Å². The maximum Gasteiger partial charge on any atom is 0.126 e. The molecular weight excluding hydrogens is 172 g/mol. The zero-order valence-corrected chi connectivity index (χ0v) is 8.79. The minimum Gasteiger partial charge on any atom is -0.383 e. The monoisotopic (exact) mass is 190 g/mol. The largest absolute Gasteiger partial charge is 0.383 e. The summed E-state index contributed by atoms with van der Waals surface area (Å²) in [6.45, 7) is 2.04. The van der Waals surface area contributed by atoms with Crippen molar-refractivity contribution in [3.8, 4) is 0 Å². The third-order valence-corrected chi connectivity index (χ3v) is 3.22. The second-order valence-corrected chi connectivity index (χ2v) is 4.31. The number of nitrogen functional groups attached to an aromatic ring is 1. The maximum absolute atomic E-state index is 5.71. The Bertz CT molecular complexity index is 314. The third-order valence-electron chi connectivity index (χ3n) is 3.22. The summed E-state index contributed by atoms with van der Waals surface area (Å²) in [5.74, 6) is 1.40. The molecule has 0 aromatic carbocycles. The van der Waals surface area contributed by atoms with Gasteiger partial charge in [0, 0.05) is 6.20 Å². The molecule has 0 aliphatic heterocycles. The molecule has 2 rings (SSSR count). The minimum absolute atomic E-state index is 0.671. The molecule has 14 heavy (non-hydrogen) atoms. The van der Waals surface area contributed by atoms with Gasteiger partial charge in [0.05, 0.1) is 0 Å². The number of nitrogens with zero attached hydrogens (tertiary/aromatic N) is 1. The van der Waals surface area contributed by atoms with E-state index in [1.165, 1.54) is 37.7 Å². The summed E-state index contributed by atoms with van der Waals surface area (Å²) in [4.78, 5) is 4.23. The number of aromatic nitrogens is 1. The molecule has 2 nitrogen and oxygen atoms in total. The van der Waals surface area contributed by atoms with Crippen LogP contribution in [0.4, 0.5) is 5.82 Å². The van der Waals surface area contributed by atoms with Crippen molar-refractivity contribution in [1.82, 2.24) is 4.98 Å². The van der Waals surface area contributed by atoms with E-state index in [0.29, 0.717) is 5.82 Å². The first-order chi connectivity index (χ1) is 6.77. The molecule has 1 aliphatic rings. The van der Waals surface area contributed by atoms with Crippen molar-refractivity contribution in [1.29, 1.82) is 0 Å². The first-order valence-electron chi connectivity index (χ1n) is 5.49. The molecule has 0 amide bonds. The number of nitrogens with two attached hydrogens (primary N) is 1. The summed E-state index contributed by atoms with van der Waals surface area (Å²) in [7, 11) is 0. The summed E-state index contributed by atoms with van der Waals surface area (Å²) in [6.07, 6.45) is 8.74. The Morgan fingerprint density at radius 2 is 2.00 bits per heavy atom. The van der Waals surface area contributed by atoms with Gasteiger partial charge in [0.2, 0.25) is 0 Å². The van der Waals surface area contributed by atoms with Crippen LogP contribution in [0.2, 0.25) is 0 Å². The van der Waals surface area contributed by atoms with E-state index in [1.54, 1.807) is 0 Å². The molecule has 1 aromatic rings. The molecule has 0 saturated heterocycles. The van der Waals surface area contributed by atoms with Gasteiger partial charge in [-0.15, -0.1) is 0 Å². The van der Waals surface area contributed by atoms with E-state index in [4.69, 9.17) is 5.73 Å². The van der Waals surface area contributed by atoms with Gasteiger partial charge in [0.1, 0.15) is 5.82 Å². The van der Waals surface area contributed by atoms with Gasteiger partial charge in [-0.2, -0.15) is 0 Å². The fraction of sp³-hybridized carbons (Fsp3) is 0.583. The van der Waals surface area contributed by atoms with Gasteiger partial charge in [-0.25, -0.2) is 4.98 Å². The SMILES string of the molecule is Cc1cc(C2CCCCC2)cnc1N. The average Bonchev–Trinajstić information content (AvgIpc) is 2.23. The van der Waals surface area contributed by atoms with E-state index in [9.17, 15) is 0 Å². The molecule has 1 saturated carbocycles. The highest BCUT2D eigenvalue weighted by Gasteiger charge is 2.15. The van der Waals surface area contributed by atoms with Crippen molar-refractivity contribution >= 4 is 5.82 Å². The van der Waals surface area contributed by atoms with Crippen molar-refractivity contribution in [3.63, 3.8) is 0 Å². The lowest BCUT2D eigenvalue weighted by atomic mass is 9.84. The molecule has 76 valence electrons. The number of hydrogen-bond acceptors (Lipinski definition) is 2. The topological polar surface area (TPSA) is 38.9 Å². The number of rotatable bonds is 1. The standard InChI is InChI=1S/C12H18N2/c1-9-7-11(8-14-12(9)13)10-5-3-2-4-6-10/h7-8,10H,2-6H2,1H3,(H2,13,14). The second-order valence-electron chi connectivity index (χ2n) is 4.31. The molecule has 0 radical (unpaired) electrons. The Morgan fingerprint density at radius 1 is 1.29 bits per heavy atom. The summed E-state index contributed by atoms with van der Waals surface area (Å²) in [5, 5.41) is 0. The molecule has 0 spiro atoms. The smallest absolute Gasteiger partial charge is 0.126 e. The predicted octanol–water partition coefficient (Wildman–Crippen LogP) is 3.02. The van der Waals surface area contributed by atoms with Gasteiger partial charge in [0.15, 0.2) is 0 Å². The Labute approximate surface area is 85.5 Å². The van der Waals surface area contributed by atoms with Gasteiger partial charge in [0.25, 0.3) is 0 Å². The van der Waals surface area contributed by atoms with Gasteiger partial charge in [-0.1, -0.05) is 25.3 Å². The molecule has 1 fully saturated rings. The molecule has 2 heteroatoms. The van der Waals surface area contributed by atoms with Gasteiger partial charge < -0.3 is 5.73 Å². The molecule has 1 aliphatic carbocycles. The predicted molar refractivity (Wildman–Crippen MR) is 59.2 cm³/mol. The lowest BCUT2D eigenvalue weighted by Crippen LogP contribution is -2.06. The number of pyridine rings is 1. The summed E-state index contributed by atoms with van der Waals surface area (Å²) < 4.78 is 0. The van der Waals surface area contributed by atoms with E-state index >= 15 is 0 Å². The number of hydrogen-bond donors (Lipinski definition) is 1. The summed E-state index contributed by atoms with van der Waals surface area (Å²) >= 11 is 0. The van der Waals surface area contributed by atoms with Crippen LogP contribution in [0.25, 0.3) is 0 Å². The van der Waals surface area contributed by atoms with Crippen LogP contribution in [-0.4, -0.2) is 4.98 Å². The Hall–Kier alpha value is -1.05. The van der Waals surface area contributed by atoms with E-state index in [0.717, 1.165) is 11.5 Å². The molecule has 0 bridgehead atoms. The maximum atomic E-state index is 5.71. The Balaban J connectivity index is 2.18. The van der Waals surface area contributed by atoms with Crippen LogP contribution in [0.15, 0.2) is 12.3 Å². The second kappa shape index (κ2) is 3.99. The fourth-order valence-electron chi connectivity index (χ4n) is 2.27. The molecule has 0 atom stereocenters. The van der Waals surface area contributed by atoms with Gasteiger partial charge in [-0.3, -0.25) is 0 Å². The Morgan fingerprint density at radius 3 is 2.64 bits per heavy atom. The van der Waals surface area contributed by atoms with Crippen LogP contribution in [0, 0.1) is 6.92 Å². The third kappa shape index (κ3) is 1.89. The van der Waals surface area contributed by atoms with E-state index in [1.807, 2.05) is 13.1 Å². The normalized spacial score (nSPS) is 18.4. The molecule has 1 aromatic heterocycles. The zero-order valence-electron chi connectivity index (χ0n) is 8.79. The average molecular weight is 190 g/mol.